The van der Waals surface area contributed by atoms with Crippen LogP contribution in [0.4, 0.5) is 17.1 Å². The summed E-state index contributed by atoms with van der Waals surface area (Å²) in [5.74, 6) is 2.82. The number of aromatic amines is 3. The molecule has 0 aliphatic rings. The Labute approximate surface area is 486 Å². The molecule has 3 heterocycles. The van der Waals surface area contributed by atoms with Crippen LogP contribution >= 0.6 is 113 Å². The fourth-order valence-corrected chi connectivity index (χ4v) is 7.77. The number of para-hydroxylation sites is 6. The Bertz CT molecular complexity index is 3510. The highest BCUT2D eigenvalue weighted by atomic mass is 79.9. The quantitative estimate of drug-likeness (QED) is 0.0760. The highest BCUT2D eigenvalue weighted by Crippen LogP contribution is 2.26. The van der Waals surface area contributed by atoms with Gasteiger partial charge in [-0.15, -0.1) is 17.0 Å². The molecule has 0 aliphatic heterocycles. The third-order valence-electron chi connectivity index (χ3n) is 9.29. The van der Waals surface area contributed by atoms with E-state index in [1.165, 1.54) is 0 Å². The zero-order valence-corrected chi connectivity index (χ0v) is 49.0. The van der Waals surface area contributed by atoms with Crippen molar-refractivity contribution in [2.24, 2.45) is 0 Å². The first-order valence-corrected chi connectivity index (χ1v) is 25.2. The topological polar surface area (TPSA) is 188 Å². The molecular weight excluding hydrogens is 1350 g/mol. The van der Waals surface area contributed by atoms with Crippen molar-refractivity contribution in [1.82, 2.24) is 15.0 Å². The second-order valence-electron chi connectivity index (χ2n) is 14.1. The number of hydrogen-bond acceptors (Lipinski definition) is 3. The van der Waals surface area contributed by atoms with Gasteiger partial charge in [-0.25, -0.2) is 0 Å². The van der Waals surface area contributed by atoms with Crippen LogP contribution in [0.25, 0.3) is 56.1 Å². The van der Waals surface area contributed by atoms with Gasteiger partial charge in [0, 0.05) is 78.3 Å². The molecule has 0 aliphatic carbocycles. The Balaban J connectivity index is 0.000000317. The van der Waals surface area contributed by atoms with Crippen LogP contribution in [-0.2, 0) is 0 Å². The number of rotatable bonds is 3. The number of hydrogen-bond donors (Lipinski definition) is 6. The number of allylic oxidation sites excluding steroid dienone is 1. The van der Waals surface area contributed by atoms with E-state index in [4.69, 9.17) is 26.9 Å². The lowest BCUT2D eigenvalue weighted by molar-refractivity contribution is 0.823. The summed E-state index contributed by atoms with van der Waals surface area (Å²) in [5.41, 5.74) is 30.1. The molecule has 15 heteroatoms. The van der Waals surface area contributed by atoms with E-state index in [1.54, 1.807) is 18.2 Å². The lowest BCUT2D eigenvalue weighted by atomic mass is 10.1. The maximum Gasteiger partial charge on any atom is 0.206 e. The Morgan fingerprint density at radius 1 is 0.606 bits per heavy atom. The van der Waals surface area contributed by atoms with Crippen molar-refractivity contribution in [2.75, 3.05) is 17.2 Å². The van der Waals surface area contributed by atoms with Crippen LogP contribution in [-0.4, -0.2) is 28.8 Å². The largest absolute Gasteiger partial charge is 0.412 e. The second kappa shape index (κ2) is 32.8. The smallest absolute Gasteiger partial charge is 0.206 e. The van der Waals surface area contributed by atoms with Gasteiger partial charge >= 0.3 is 0 Å². The first-order chi connectivity index (χ1) is 36.5. The van der Waals surface area contributed by atoms with Gasteiger partial charge in [-0.05, 0) is 176 Å². The minimum atomic E-state index is 0. The normalized spacial score (nSPS) is 11.2. The molecule has 13 N–H and O–H groups in total. The van der Waals surface area contributed by atoms with Crippen LogP contribution in [0.1, 0.15) is 36.0 Å². The molecular formula is C56H53Br7N6O2. The van der Waals surface area contributed by atoms with Gasteiger partial charge in [0.2, 0.25) is 2.86 Å². The summed E-state index contributed by atoms with van der Waals surface area (Å²) in [6.45, 7) is 2.14. The average molecular weight is 1410 g/mol. The molecule has 7 aromatic carbocycles. The number of benzene rings is 7. The van der Waals surface area contributed by atoms with Crippen molar-refractivity contribution in [3.05, 3.63) is 227 Å². The standard InChI is InChI=1S/C14H11N.C9H8BrN.C9H10BrN.C8H7Br2N.2C8H6BrN.BrH.2H2O/c1-2-6-11(7-3-1)14-10-12-8-4-5-9-13(12)15-14;1-6-7-4-2-3-5-8(7)11-9(6)10;1-7(10)6-8-4-2-3-5-9(8)11;9-8(10)5-6-3-1-2-4-7(6)11;9-8-5-6-3-1-2-4-7(6)10-8;9-6-5-7-3-1-2-4-8(7)10;;;/h1-10,15H;2-5,11H,1H3;2-6H,11H2,1H3;1-5H,11H2;1-5,10H;1-4H,10H2;1H;2*1H2/b;;7-6-;;;;;;/i10D;1D;6D;2*5D;;;;/hD2. The van der Waals surface area contributed by atoms with Crippen LogP contribution in [0.15, 0.2) is 205 Å². The van der Waals surface area contributed by atoms with Crippen molar-refractivity contribution >= 4 is 174 Å². The van der Waals surface area contributed by atoms with E-state index in [1.807, 2.05) is 165 Å². The maximum atomic E-state index is 8.13. The minimum absolute atomic E-state index is 0. The monoisotopic (exact) mass is 1400 g/mol. The summed E-state index contributed by atoms with van der Waals surface area (Å²) >= 11 is 19.2. The predicted molar refractivity (Wildman–Crippen MR) is 335 cm³/mol. The number of aryl methyl sites for hydroxylation is 1. The van der Waals surface area contributed by atoms with E-state index in [0.717, 1.165) is 85.6 Å². The lowest BCUT2D eigenvalue weighted by Crippen LogP contribution is -1.87. The highest BCUT2D eigenvalue weighted by molar-refractivity contribution is 9.28. The Kier molecular flexibility index (Phi) is 23.5. The van der Waals surface area contributed by atoms with Crippen molar-refractivity contribution < 1.29 is 17.8 Å². The maximum absolute atomic E-state index is 8.13. The second-order valence-corrected chi connectivity index (χ2v) is 20.0. The van der Waals surface area contributed by atoms with E-state index in [0.29, 0.717) is 45.9 Å². The van der Waals surface area contributed by atoms with E-state index < -0.39 is 0 Å². The van der Waals surface area contributed by atoms with Gasteiger partial charge < -0.3 is 43.1 Å². The third-order valence-corrected chi connectivity index (χ3v) is 11.2. The first kappa shape index (κ1) is 50.8. The fraction of sp³-hybridized carbons (Fsp3) is 0.0357. The molecule has 0 unspecified atom stereocenters. The average Bonchev–Trinajstić information content (AvgIpc) is 4.08. The number of fused-ring (bicyclic) bond motifs is 3. The lowest BCUT2D eigenvalue weighted by Gasteiger charge is -1.98. The molecule has 0 radical (unpaired) electrons. The van der Waals surface area contributed by atoms with Crippen LogP contribution in [0.3, 0.4) is 0 Å². The van der Waals surface area contributed by atoms with Gasteiger partial charge in [0.25, 0.3) is 0 Å². The predicted octanol–water partition coefficient (Wildman–Crippen LogP) is 17.3. The molecule has 3 aromatic heterocycles. The summed E-state index contributed by atoms with van der Waals surface area (Å²) in [4.78, 5) is 12.1. The van der Waals surface area contributed by atoms with Crippen molar-refractivity contribution in [3.8, 4) is 22.0 Å². The number of nitrogen functional groups attached to an aromatic ring is 3. The molecule has 10 rings (SSSR count). The van der Waals surface area contributed by atoms with Crippen LogP contribution in [0, 0.1) is 17.6 Å². The zero-order chi connectivity index (χ0) is 55.7. The molecule has 0 bridgehead atoms. The van der Waals surface area contributed by atoms with E-state index >= 15 is 0 Å². The third kappa shape index (κ3) is 20.5. The van der Waals surface area contributed by atoms with Crippen LogP contribution < -0.4 is 17.2 Å². The Hall–Kier alpha value is -5.12. The van der Waals surface area contributed by atoms with Gasteiger partial charge in [0.1, 0.15) is 0 Å². The number of nitrogens with two attached hydrogens (primary N) is 3. The summed E-state index contributed by atoms with van der Waals surface area (Å²) in [5, 5.41) is 3.07. The van der Waals surface area contributed by atoms with E-state index in [-0.39, 0.29) is 22.5 Å². The van der Waals surface area contributed by atoms with Crippen molar-refractivity contribution in [2.45, 2.75) is 13.8 Å². The molecule has 0 amide bonds. The molecule has 8 nitrogen and oxygen atoms in total. The molecule has 0 atom stereocenters. The molecule has 0 spiro atoms. The van der Waals surface area contributed by atoms with Gasteiger partial charge in [0.05, 0.1) is 18.1 Å². The molecule has 0 fully saturated rings. The molecule has 0 saturated heterocycles. The SMILES string of the molecule is Br.Nc1ccccc1C#CBr.O.[2H]/C(=C(\C)Br)c1ccccc1N.[2H]C(=C(Br)Br)c1ccccc1N.[2H]Cc1c(Br)[nH]c2ccccc12.[2H]O[2H].[2H]c1c(-c2ccccc2)[nH]c2ccccc12.[2H]c1c(Br)[nH]c2ccccc12. The Morgan fingerprint density at radius 3 is 1.61 bits per heavy atom. The van der Waals surface area contributed by atoms with Crippen LogP contribution in [0.2, 0.25) is 0 Å². The summed E-state index contributed by atoms with van der Waals surface area (Å²) in [6, 6.07) is 57.7. The minimum Gasteiger partial charge on any atom is -0.412 e. The number of nitrogens with one attached hydrogen (secondary N) is 3. The van der Waals surface area contributed by atoms with Gasteiger partial charge in [-0.1, -0.05) is 155 Å². The van der Waals surface area contributed by atoms with Crippen LogP contribution in [0.5, 0.6) is 0 Å². The molecule has 10 aromatic rings. The van der Waals surface area contributed by atoms with E-state index in [2.05, 4.69) is 127 Å². The Morgan fingerprint density at radius 2 is 1.08 bits per heavy atom. The number of aromatic nitrogens is 3. The summed E-state index contributed by atoms with van der Waals surface area (Å²) < 4.78 is 52.1. The van der Waals surface area contributed by atoms with Gasteiger partial charge in [-0.3, -0.25) is 0 Å². The first-order valence-electron chi connectivity index (χ1n) is 24.0. The molecule has 368 valence electrons. The summed E-state index contributed by atoms with van der Waals surface area (Å²) in [7, 11) is 0. The molecule has 0 saturated carbocycles. The van der Waals surface area contributed by atoms with Crippen molar-refractivity contribution in [1.29, 1.82) is 2.86 Å². The number of halogens is 7. The van der Waals surface area contributed by atoms with E-state index in [9.17, 15) is 0 Å². The highest BCUT2D eigenvalue weighted by Gasteiger charge is 2.03. The fourth-order valence-electron chi connectivity index (χ4n) is 6.06. The number of anilines is 3. The summed E-state index contributed by atoms with van der Waals surface area (Å²) in [6.07, 6.45) is 0. The molecule has 71 heavy (non-hydrogen) atoms. The number of H-pyrrole nitrogens is 3. The zero-order valence-electron chi connectivity index (χ0n) is 44.8. The van der Waals surface area contributed by atoms with Gasteiger partial charge in [0.15, 0.2) is 0 Å². The van der Waals surface area contributed by atoms with Crippen molar-refractivity contribution in [3.63, 3.8) is 0 Å². The van der Waals surface area contributed by atoms with Gasteiger partial charge in [-0.2, -0.15) is 0 Å².